The van der Waals surface area contributed by atoms with Gasteiger partial charge in [0.1, 0.15) is 5.75 Å². The third kappa shape index (κ3) is 2.20. The van der Waals surface area contributed by atoms with E-state index in [9.17, 15) is 9.59 Å². The summed E-state index contributed by atoms with van der Waals surface area (Å²) < 4.78 is 6.83. The Morgan fingerprint density at radius 1 is 1.37 bits per heavy atom. The van der Waals surface area contributed by atoms with Crippen LogP contribution in [0.3, 0.4) is 0 Å². The molecule has 0 bridgehead atoms. The second-order valence-corrected chi connectivity index (χ2v) is 5.75. The lowest BCUT2D eigenvalue weighted by Crippen LogP contribution is -2.60. The van der Waals surface area contributed by atoms with Crippen LogP contribution >= 0.6 is 15.9 Å². The first-order valence-electron chi connectivity index (χ1n) is 6.12. The number of halogens is 1. The third-order valence-corrected chi connectivity index (χ3v) is 4.08. The highest BCUT2D eigenvalue weighted by atomic mass is 79.9. The number of nitrogens with one attached hydrogen (secondary N) is 1. The molecular weight excluding hydrogens is 312 g/mol. The molecule has 100 valence electrons. The van der Waals surface area contributed by atoms with E-state index in [0.717, 1.165) is 10.9 Å². The van der Waals surface area contributed by atoms with E-state index in [1.807, 2.05) is 6.07 Å². The lowest BCUT2D eigenvalue weighted by Gasteiger charge is -2.43. The summed E-state index contributed by atoms with van der Waals surface area (Å²) in [4.78, 5) is 24.6. The number of carbonyl (C=O) groups excluding carboxylic acids is 2. The van der Waals surface area contributed by atoms with Crippen molar-refractivity contribution in [2.24, 2.45) is 0 Å². The summed E-state index contributed by atoms with van der Waals surface area (Å²) in [6.07, 6.45) is 2.04. The molecule has 19 heavy (non-hydrogen) atoms. The maximum Gasteiger partial charge on any atom is 0.258 e. The molecule has 1 aromatic rings. The van der Waals surface area contributed by atoms with E-state index in [0.29, 0.717) is 37.2 Å². The summed E-state index contributed by atoms with van der Waals surface area (Å²) in [5, 5.41) is 2.94. The van der Waals surface area contributed by atoms with E-state index >= 15 is 0 Å². The van der Waals surface area contributed by atoms with Crippen LogP contribution in [0.2, 0.25) is 0 Å². The molecule has 1 N–H and O–H groups in total. The summed E-state index contributed by atoms with van der Waals surface area (Å²) in [6.45, 7) is 1.19. The molecule has 2 aliphatic heterocycles. The highest BCUT2D eigenvalue weighted by Crippen LogP contribution is 2.34. The Hall–Kier alpha value is -1.56. The summed E-state index contributed by atoms with van der Waals surface area (Å²) >= 11 is 3.34. The van der Waals surface area contributed by atoms with Crippen molar-refractivity contribution in [3.05, 3.63) is 28.2 Å². The third-order valence-electron chi connectivity index (χ3n) is 3.59. The van der Waals surface area contributed by atoms with Gasteiger partial charge in [-0.05, 0) is 18.2 Å². The molecule has 0 atom stereocenters. The molecule has 0 aromatic heterocycles. The fraction of sp³-hybridized carbons (Fsp3) is 0.385. The fourth-order valence-electron chi connectivity index (χ4n) is 2.50. The molecule has 1 fully saturated rings. The molecular formula is C13H13BrN2O3. The number of benzene rings is 1. The zero-order valence-electron chi connectivity index (χ0n) is 10.2. The molecule has 1 aromatic carbocycles. The first kappa shape index (κ1) is 12.5. The number of piperidine rings is 1. The molecule has 2 amide bonds. The Morgan fingerprint density at radius 2 is 2.11 bits per heavy atom. The van der Waals surface area contributed by atoms with Crippen molar-refractivity contribution in [3.8, 4) is 5.75 Å². The van der Waals surface area contributed by atoms with Gasteiger partial charge in [0.2, 0.25) is 6.41 Å². The van der Waals surface area contributed by atoms with Gasteiger partial charge in [-0.1, -0.05) is 15.9 Å². The number of hydrogen-bond acceptors (Lipinski definition) is 3. The molecule has 2 heterocycles. The van der Waals surface area contributed by atoms with Gasteiger partial charge in [-0.2, -0.15) is 0 Å². The molecule has 0 radical (unpaired) electrons. The first-order valence-corrected chi connectivity index (χ1v) is 6.92. The van der Waals surface area contributed by atoms with Crippen LogP contribution < -0.4 is 10.1 Å². The Bertz CT molecular complexity index is 539. The average molecular weight is 325 g/mol. The van der Waals surface area contributed by atoms with Gasteiger partial charge in [-0.15, -0.1) is 0 Å². The number of amides is 2. The van der Waals surface area contributed by atoms with Gasteiger partial charge in [-0.3, -0.25) is 9.59 Å². The van der Waals surface area contributed by atoms with Crippen LogP contribution in [0.25, 0.3) is 0 Å². The molecule has 1 saturated heterocycles. The number of ether oxygens (including phenoxy) is 1. The van der Waals surface area contributed by atoms with E-state index in [1.165, 1.54) is 0 Å². The van der Waals surface area contributed by atoms with Gasteiger partial charge in [0.15, 0.2) is 5.72 Å². The SMILES string of the molecule is O=CN1CCC2(CC1)NC(=O)c1cc(Br)ccc1O2. The minimum atomic E-state index is -0.669. The second-order valence-electron chi connectivity index (χ2n) is 4.83. The van der Waals surface area contributed by atoms with Crippen LogP contribution in [0.1, 0.15) is 23.2 Å². The van der Waals surface area contributed by atoms with Crippen molar-refractivity contribution in [3.63, 3.8) is 0 Å². The smallest absolute Gasteiger partial charge is 0.258 e. The maximum atomic E-state index is 12.2. The molecule has 0 aliphatic carbocycles. The molecule has 5 nitrogen and oxygen atoms in total. The number of rotatable bonds is 1. The fourth-order valence-corrected chi connectivity index (χ4v) is 2.86. The van der Waals surface area contributed by atoms with Crippen LogP contribution in [-0.2, 0) is 4.79 Å². The topological polar surface area (TPSA) is 58.6 Å². The molecule has 3 rings (SSSR count). The number of likely N-dealkylation sites (tertiary alicyclic amines) is 1. The van der Waals surface area contributed by atoms with Gasteiger partial charge in [0.05, 0.1) is 5.56 Å². The van der Waals surface area contributed by atoms with Gasteiger partial charge < -0.3 is 15.0 Å². The van der Waals surface area contributed by atoms with Crippen LogP contribution in [0.5, 0.6) is 5.75 Å². The maximum absolute atomic E-state index is 12.2. The van der Waals surface area contributed by atoms with Crippen LogP contribution in [0.4, 0.5) is 0 Å². The van der Waals surface area contributed by atoms with E-state index in [1.54, 1.807) is 17.0 Å². The predicted octanol–water partition coefficient (Wildman–Crippen LogP) is 1.52. The highest BCUT2D eigenvalue weighted by Gasteiger charge is 2.42. The van der Waals surface area contributed by atoms with Crippen molar-refractivity contribution in [2.75, 3.05) is 13.1 Å². The summed E-state index contributed by atoms with van der Waals surface area (Å²) in [6, 6.07) is 5.40. The summed E-state index contributed by atoms with van der Waals surface area (Å²) in [7, 11) is 0. The van der Waals surface area contributed by atoms with Crippen molar-refractivity contribution < 1.29 is 14.3 Å². The summed E-state index contributed by atoms with van der Waals surface area (Å²) in [5.41, 5.74) is -0.130. The van der Waals surface area contributed by atoms with Crippen LogP contribution in [0, 0.1) is 0 Å². The Morgan fingerprint density at radius 3 is 2.79 bits per heavy atom. The number of nitrogens with zero attached hydrogens (tertiary/aromatic N) is 1. The molecule has 0 saturated carbocycles. The lowest BCUT2D eigenvalue weighted by atomic mass is 9.97. The van der Waals surface area contributed by atoms with Crippen molar-refractivity contribution in [1.29, 1.82) is 0 Å². The normalized spacial score (nSPS) is 20.5. The largest absolute Gasteiger partial charge is 0.467 e. The van der Waals surface area contributed by atoms with Gasteiger partial charge in [0.25, 0.3) is 5.91 Å². The minimum Gasteiger partial charge on any atom is -0.467 e. The van der Waals surface area contributed by atoms with E-state index in [-0.39, 0.29) is 5.91 Å². The van der Waals surface area contributed by atoms with E-state index in [4.69, 9.17) is 4.74 Å². The average Bonchev–Trinajstić information content (AvgIpc) is 2.41. The predicted molar refractivity (Wildman–Crippen MR) is 71.8 cm³/mol. The standard InChI is InChI=1S/C13H13BrN2O3/c14-9-1-2-11-10(7-9)12(18)15-13(19-11)3-5-16(8-17)6-4-13/h1-2,7-8H,3-6H2,(H,15,18). The molecule has 0 unspecified atom stereocenters. The van der Waals surface area contributed by atoms with Crippen LogP contribution in [-0.4, -0.2) is 36.0 Å². The molecule has 1 spiro atoms. The van der Waals surface area contributed by atoms with E-state index in [2.05, 4.69) is 21.2 Å². The number of carbonyl (C=O) groups is 2. The minimum absolute atomic E-state index is 0.123. The van der Waals surface area contributed by atoms with Crippen molar-refractivity contribution in [2.45, 2.75) is 18.6 Å². The zero-order valence-corrected chi connectivity index (χ0v) is 11.8. The van der Waals surface area contributed by atoms with Crippen molar-refractivity contribution >= 4 is 28.2 Å². The summed E-state index contributed by atoms with van der Waals surface area (Å²) in [5.74, 6) is 0.480. The van der Waals surface area contributed by atoms with Gasteiger partial charge in [-0.25, -0.2) is 0 Å². The quantitative estimate of drug-likeness (QED) is 0.797. The first-order chi connectivity index (χ1) is 9.12. The molecule has 6 heteroatoms. The Balaban J connectivity index is 1.87. The number of hydrogen-bond donors (Lipinski definition) is 1. The zero-order chi connectivity index (χ0) is 13.5. The van der Waals surface area contributed by atoms with Crippen LogP contribution in [0.15, 0.2) is 22.7 Å². The van der Waals surface area contributed by atoms with Gasteiger partial charge >= 0.3 is 0 Å². The van der Waals surface area contributed by atoms with Gasteiger partial charge in [0, 0.05) is 30.4 Å². The highest BCUT2D eigenvalue weighted by molar-refractivity contribution is 9.10. The lowest BCUT2D eigenvalue weighted by molar-refractivity contribution is -0.122. The number of fused-ring (bicyclic) bond motifs is 1. The van der Waals surface area contributed by atoms with Crippen molar-refractivity contribution in [1.82, 2.24) is 10.2 Å². The monoisotopic (exact) mass is 324 g/mol. The second kappa shape index (κ2) is 4.52. The Labute approximate surface area is 119 Å². The van der Waals surface area contributed by atoms with E-state index < -0.39 is 5.72 Å². The Kier molecular flexibility index (Phi) is 2.97. The molecule has 2 aliphatic rings.